The Labute approximate surface area is 202 Å². The van der Waals surface area contributed by atoms with Crippen molar-refractivity contribution in [3.8, 4) is 6.07 Å². The molecule has 2 N–H and O–H groups in total. The van der Waals surface area contributed by atoms with Gasteiger partial charge in [0.15, 0.2) is 0 Å². The predicted molar refractivity (Wildman–Crippen MR) is 126 cm³/mol. The summed E-state index contributed by atoms with van der Waals surface area (Å²) in [4.78, 5) is 37.6. The van der Waals surface area contributed by atoms with E-state index in [-0.39, 0.29) is 22.3 Å². The van der Waals surface area contributed by atoms with Gasteiger partial charge in [0.2, 0.25) is 11.8 Å². The Hall–Kier alpha value is -2.80. The molecule has 0 aliphatic carbocycles. The first-order valence-corrected chi connectivity index (χ1v) is 11.5. The molecular weight excluding hydrogens is 518 g/mol. The van der Waals surface area contributed by atoms with Gasteiger partial charge in [-0.1, -0.05) is 51.4 Å². The van der Waals surface area contributed by atoms with Crippen LogP contribution < -0.4 is 10.6 Å². The molecule has 0 aromatic heterocycles. The van der Waals surface area contributed by atoms with Gasteiger partial charge >= 0.3 is 5.97 Å². The molecule has 1 aliphatic heterocycles. The van der Waals surface area contributed by atoms with Crippen LogP contribution in [0.3, 0.4) is 0 Å². The number of esters is 1. The molecule has 2 aromatic carbocycles. The maximum atomic E-state index is 12.8. The van der Waals surface area contributed by atoms with E-state index in [0.717, 1.165) is 16.2 Å². The molecule has 2 amide bonds. The average molecular weight is 535 g/mol. The molecule has 0 unspecified atom stereocenters. The van der Waals surface area contributed by atoms with Crippen molar-refractivity contribution in [3.63, 3.8) is 0 Å². The number of allylic oxidation sites excluding steroid dienone is 1. The van der Waals surface area contributed by atoms with Crippen molar-refractivity contribution in [2.75, 3.05) is 18.2 Å². The van der Waals surface area contributed by atoms with E-state index in [0.29, 0.717) is 16.3 Å². The van der Waals surface area contributed by atoms with Crippen LogP contribution in [-0.2, 0) is 19.1 Å². The number of rotatable bonds is 6. The van der Waals surface area contributed by atoms with Gasteiger partial charge in [-0.05, 0) is 42.0 Å². The fourth-order valence-electron chi connectivity index (χ4n) is 3.25. The zero-order valence-corrected chi connectivity index (χ0v) is 19.9. The Morgan fingerprint density at radius 3 is 2.62 bits per heavy atom. The van der Waals surface area contributed by atoms with Crippen molar-refractivity contribution in [2.24, 2.45) is 5.92 Å². The van der Waals surface area contributed by atoms with Crippen LogP contribution in [0.15, 0.2) is 63.6 Å². The number of hydrogen-bond acceptors (Lipinski definition) is 6. The molecule has 2 aromatic rings. The van der Waals surface area contributed by atoms with Crippen LogP contribution in [0.2, 0.25) is 5.02 Å². The monoisotopic (exact) mass is 533 g/mol. The van der Waals surface area contributed by atoms with Gasteiger partial charge in [-0.25, -0.2) is 0 Å². The molecule has 32 heavy (non-hydrogen) atoms. The number of carbonyl (C=O) groups excluding carboxylic acids is 3. The van der Waals surface area contributed by atoms with Gasteiger partial charge < -0.3 is 15.4 Å². The predicted octanol–water partition coefficient (Wildman–Crippen LogP) is 4.21. The van der Waals surface area contributed by atoms with Gasteiger partial charge in [-0.3, -0.25) is 14.4 Å². The molecule has 1 aliphatic rings. The minimum atomic E-state index is -1.23. The largest absolute Gasteiger partial charge is 0.468 e. The molecule has 7 nitrogen and oxygen atoms in total. The van der Waals surface area contributed by atoms with Crippen molar-refractivity contribution >= 4 is 62.8 Å². The highest BCUT2D eigenvalue weighted by molar-refractivity contribution is 9.10. The van der Waals surface area contributed by atoms with E-state index in [1.54, 1.807) is 48.5 Å². The number of nitrogens with one attached hydrogen (secondary N) is 2. The Balaban J connectivity index is 1.88. The maximum absolute atomic E-state index is 12.8. The van der Waals surface area contributed by atoms with Crippen molar-refractivity contribution < 1.29 is 19.1 Å². The van der Waals surface area contributed by atoms with Gasteiger partial charge in [-0.2, -0.15) is 5.26 Å². The molecule has 164 valence electrons. The normalized spacial score (nSPS) is 17.9. The summed E-state index contributed by atoms with van der Waals surface area (Å²) in [5, 5.41) is 16.0. The third-order valence-electron chi connectivity index (χ3n) is 4.67. The number of nitriles is 1. The zero-order valence-electron chi connectivity index (χ0n) is 16.7. The number of benzene rings is 2. The number of hydrogen-bond donors (Lipinski definition) is 2. The lowest BCUT2D eigenvalue weighted by Crippen LogP contribution is -2.44. The molecular formula is C22H17BrClN3O4S. The number of thioether (sulfide) groups is 1. The van der Waals surface area contributed by atoms with Crippen LogP contribution in [0.25, 0.3) is 0 Å². The van der Waals surface area contributed by atoms with Crippen LogP contribution in [0.4, 0.5) is 5.69 Å². The number of ether oxygens (including phenoxy) is 1. The van der Waals surface area contributed by atoms with Crippen molar-refractivity contribution in [2.45, 2.75) is 5.92 Å². The van der Waals surface area contributed by atoms with E-state index in [4.69, 9.17) is 16.3 Å². The van der Waals surface area contributed by atoms with Crippen LogP contribution >= 0.6 is 39.3 Å². The van der Waals surface area contributed by atoms with E-state index < -0.39 is 23.7 Å². The average Bonchev–Trinajstić information content (AvgIpc) is 2.78. The van der Waals surface area contributed by atoms with Crippen LogP contribution in [0.1, 0.15) is 11.5 Å². The molecule has 0 fully saturated rings. The zero-order chi connectivity index (χ0) is 23.3. The van der Waals surface area contributed by atoms with E-state index in [2.05, 4.69) is 32.6 Å². The molecule has 0 saturated heterocycles. The lowest BCUT2D eigenvalue weighted by atomic mass is 9.78. The summed E-state index contributed by atoms with van der Waals surface area (Å²) in [5.74, 6) is -3.80. The number of carbonyl (C=O) groups is 3. The van der Waals surface area contributed by atoms with Crippen LogP contribution in [0, 0.1) is 17.2 Å². The fraction of sp³-hybridized carbons (Fsp3) is 0.182. The Bertz CT molecular complexity index is 1130. The van der Waals surface area contributed by atoms with Crippen LogP contribution in [-0.4, -0.2) is 30.6 Å². The molecule has 0 bridgehead atoms. The first-order valence-electron chi connectivity index (χ1n) is 9.30. The summed E-state index contributed by atoms with van der Waals surface area (Å²) in [7, 11) is 1.19. The van der Waals surface area contributed by atoms with Gasteiger partial charge in [0.1, 0.15) is 5.92 Å². The van der Waals surface area contributed by atoms with E-state index in [1.165, 1.54) is 7.11 Å². The minimum Gasteiger partial charge on any atom is -0.468 e. The SMILES string of the molecule is COC(=O)[C@H]1C(=O)NC(SCC(=O)Nc2ccc(Cl)cc2)=C(C#N)[C@@H]1c1cccc(Br)c1. The summed E-state index contributed by atoms with van der Waals surface area (Å²) < 4.78 is 5.55. The number of halogens is 2. The quantitative estimate of drug-likeness (QED) is 0.425. The van der Waals surface area contributed by atoms with Gasteiger partial charge in [0.05, 0.1) is 29.5 Å². The lowest BCUT2D eigenvalue weighted by Gasteiger charge is -2.31. The number of amides is 2. The molecule has 2 atom stereocenters. The maximum Gasteiger partial charge on any atom is 0.319 e. The van der Waals surface area contributed by atoms with E-state index >= 15 is 0 Å². The molecule has 0 saturated carbocycles. The molecule has 0 spiro atoms. The lowest BCUT2D eigenvalue weighted by molar-refractivity contribution is -0.150. The number of anilines is 1. The van der Waals surface area contributed by atoms with Gasteiger partial charge in [0.25, 0.3) is 0 Å². The van der Waals surface area contributed by atoms with E-state index in [1.807, 2.05) is 0 Å². The summed E-state index contributed by atoms with van der Waals surface area (Å²) in [6, 6.07) is 15.8. The second-order valence-electron chi connectivity index (χ2n) is 6.72. The Kier molecular flexibility index (Phi) is 7.96. The number of nitrogens with zero attached hydrogens (tertiary/aromatic N) is 1. The first kappa shape index (κ1) is 23.9. The Morgan fingerprint density at radius 1 is 1.28 bits per heavy atom. The topological polar surface area (TPSA) is 108 Å². The van der Waals surface area contributed by atoms with Crippen LogP contribution in [0.5, 0.6) is 0 Å². The molecule has 1 heterocycles. The Morgan fingerprint density at radius 2 is 2.00 bits per heavy atom. The highest BCUT2D eigenvalue weighted by Crippen LogP contribution is 2.40. The minimum absolute atomic E-state index is 0.0580. The van der Waals surface area contributed by atoms with Gasteiger partial charge in [-0.15, -0.1) is 0 Å². The van der Waals surface area contributed by atoms with E-state index in [9.17, 15) is 19.6 Å². The first-order chi connectivity index (χ1) is 15.3. The fourth-order valence-corrected chi connectivity index (χ4v) is 4.64. The molecule has 3 rings (SSSR count). The third kappa shape index (κ3) is 5.51. The second kappa shape index (κ2) is 10.7. The number of methoxy groups -OCH3 is 1. The summed E-state index contributed by atoms with van der Waals surface area (Å²) in [6.45, 7) is 0. The highest BCUT2D eigenvalue weighted by atomic mass is 79.9. The smallest absolute Gasteiger partial charge is 0.319 e. The molecule has 10 heteroatoms. The summed E-state index contributed by atoms with van der Waals surface area (Å²) >= 11 is 10.2. The second-order valence-corrected chi connectivity index (χ2v) is 9.06. The van der Waals surface area contributed by atoms with Crippen molar-refractivity contribution in [3.05, 3.63) is 74.2 Å². The molecule has 0 radical (unpaired) electrons. The highest BCUT2D eigenvalue weighted by Gasteiger charge is 2.44. The van der Waals surface area contributed by atoms with Gasteiger partial charge in [0, 0.05) is 21.1 Å². The third-order valence-corrected chi connectivity index (χ3v) is 6.43. The van der Waals surface area contributed by atoms with Crippen molar-refractivity contribution in [1.29, 1.82) is 5.26 Å². The summed E-state index contributed by atoms with van der Waals surface area (Å²) in [5.41, 5.74) is 1.35. The standard InChI is InChI=1S/C22H17BrClN3O4S/c1-31-22(30)19-18(12-3-2-4-13(23)9-12)16(10-25)21(27-20(19)29)32-11-17(28)26-15-7-5-14(24)6-8-15/h2-9,18-19H,11H2,1H3,(H,26,28)(H,27,29)/t18-,19+/m0/s1. The van der Waals surface area contributed by atoms with Crippen molar-refractivity contribution in [1.82, 2.24) is 5.32 Å². The summed E-state index contributed by atoms with van der Waals surface area (Å²) in [6.07, 6.45) is 0.